The summed E-state index contributed by atoms with van der Waals surface area (Å²) < 4.78 is 0. The molecule has 1 aromatic heterocycles. The lowest BCUT2D eigenvalue weighted by Gasteiger charge is -2.03. The molecule has 1 amide bonds. The zero-order valence-electron chi connectivity index (χ0n) is 12.6. The van der Waals surface area contributed by atoms with Gasteiger partial charge in [0.05, 0.1) is 9.75 Å². The van der Waals surface area contributed by atoms with Crippen LogP contribution in [0, 0.1) is 0 Å². The van der Waals surface area contributed by atoms with Crippen molar-refractivity contribution in [2.75, 3.05) is 14.1 Å². The van der Waals surface area contributed by atoms with Crippen molar-refractivity contribution in [3.05, 3.63) is 70.1 Å². The predicted octanol–water partition coefficient (Wildman–Crippen LogP) is 2.94. The van der Waals surface area contributed by atoms with E-state index in [0.29, 0.717) is 16.3 Å². The number of carbonyl (C=O) groups is 2. The monoisotopic (exact) mass is 314 g/mol. The maximum Gasteiger partial charge on any atom is 0.261 e. The van der Waals surface area contributed by atoms with Gasteiger partial charge in [0.15, 0.2) is 5.78 Å². The summed E-state index contributed by atoms with van der Waals surface area (Å²) in [6.07, 6.45) is 3.19. The Balaban J connectivity index is 1.96. The number of nitrogens with one attached hydrogen (secondary N) is 1. The largest absolute Gasteiger partial charge is 0.383 e. The van der Waals surface area contributed by atoms with Crippen molar-refractivity contribution in [2.45, 2.75) is 6.54 Å². The van der Waals surface area contributed by atoms with Gasteiger partial charge in [-0.1, -0.05) is 30.3 Å². The fraction of sp³-hybridized carbons (Fsp3) is 0.176. The van der Waals surface area contributed by atoms with Gasteiger partial charge in [-0.3, -0.25) is 9.59 Å². The van der Waals surface area contributed by atoms with Crippen LogP contribution >= 0.6 is 11.3 Å². The summed E-state index contributed by atoms with van der Waals surface area (Å²) in [5.41, 5.74) is 1.04. The molecule has 0 saturated heterocycles. The molecular formula is C17H18N2O2S. The van der Waals surface area contributed by atoms with Crippen molar-refractivity contribution < 1.29 is 9.59 Å². The number of ketones is 1. The van der Waals surface area contributed by atoms with Crippen LogP contribution in [0.5, 0.6) is 0 Å². The summed E-state index contributed by atoms with van der Waals surface area (Å²) in [5.74, 6) is -0.259. The van der Waals surface area contributed by atoms with E-state index in [1.54, 1.807) is 23.2 Å². The molecule has 1 heterocycles. The molecule has 0 radical (unpaired) electrons. The van der Waals surface area contributed by atoms with Gasteiger partial charge in [-0.25, -0.2) is 0 Å². The number of hydrogen-bond donors (Lipinski definition) is 1. The molecule has 1 N–H and O–H groups in total. The third-order valence-corrected chi connectivity index (χ3v) is 3.99. The first kappa shape index (κ1) is 16.0. The highest BCUT2D eigenvalue weighted by atomic mass is 32.1. The summed E-state index contributed by atoms with van der Waals surface area (Å²) in [5, 5.41) is 2.85. The van der Waals surface area contributed by atoms with E-state index in [4.69, 9.17) is 0 Å². The molecule has 0 aliphatic rings. The van der Waals surface area contributed by atoms with Gasteiger partial charge >= 0.3 is 0 Å². The Morgan fingerprint density at radius 2 is 1.77 bits per heavy atom. The minimum atomic E-state index is -0.163. The van der Waals surface area contributed by atoms with Gasteiger partial charge in [-0.15, -0.1) is 11.3 Å². The number of thiophene rings is 1. The van der Waals surface area contributed by atoms with E-state index in [0.717, 1.165) is 5.56 Å². The normalized spacial score (nSPS) is 10.6. The number of benzene rings is 1. The minimum absolute atomic E-state index is 0.0965. The van der Waals surface area contributed by atoms with Crippen molar-refractivity contribution in [2.24, 2.45) is 0 Å². The average Bonchev–Trinajstić information content (AvgIpc) is 3.01. The summed E-state index contributed by atoms with van der Waals surface area (Å²) in [7, 11) is 3.70. The van der Waals surface area contributed by atoms with Crippen LogP contribution in [-0.4, -0.2) is 30.7 Å². The summed E-state index contributed by atoms with van der Waals surface area (Å²) in [4.78, 5) is 26.9. The van der Waals surface area contributed by atoms with E-state index in [-0.39, 0.29) is 11.7 Å². The third-order valence-electron chi connectivity index (χ3n) is 2.89. The summed E-state index contributed by atoms with van der Waals surface area (Å²) >= 11 is 1.20. The number of nitrogens with zero attached hydrogens (tertiary/aromatic N) is 1. The van der Waals surface area contributed by atoms with E-state index < -0.39 is 0 Å². The molecule has 4 nitrogen and oxygen atoms in total. The molecule has 0 aliphatic carbocycles. The van der Waals surface area contributed by atoms with Gasteiger partial charge in [-0.2, -0.15) is 0 Å². The molecule has 0 atom stereocenters. The van der Waals surface area contributed by atoms with E-state index >= 15 is 0 Å². The number of hydrogen-bond acceptors (Lipinski definition) is 4. The second-order valence-electron chi connectivity index (χ2n) is 4.98. The van der Waals surface area contributed by atoms with Crippen molar-refractivity contribution in [3.8, 4) is 0 Å². The maximum atomic E-state index is 12.1. The molecule has 5 heteroatoms. The molecule has 0 fully saturated rings. The molecule has 0 bridgehead atoms. The fourth-order valence-electron chi connectivity index (χ4n) is 1.76. The zero-order valence-corrected chi connectivity index (χ0v) is 13.4. The van der Waals surface area contributed by atoms with Crippen LogP contribution in [0.4, 0.5) is 0 Å². The molecule has 22 heavy (non-hydrogen) atoms. The Hall–Kier alpha value is -2.40. The molecule has 0 unspecified atom stereocenters. The van der Waals surface area contributed by atoms with Crippen LogP contribution in [0.3, 0.4) is 0 Å². The topological polar surface area (TPSA) is 49.4 Å². The third kappa shape index (κ3) is 4.56. The van der Waals surface area contributed by atoms with E-state index in [9.17, 15) is 9.59 Å². The second kappa shape index (κ2) is 7.56. The van der Waals surface area contributed by atoms with Gasteiger partial charge in [0, 0.05) is 32.9 Å². The van der Waals surface area contributed by atoms with Crippen LogP contribution in [0.1, 0.15) is 24.9 Å². The number of allylic oxidation sites excluding steroid dienone is 1. The quantitative estimate of drug-likeness (QED) is 0.659. The predicted molar refractivity (Wildman–Crippen MR) is 89.1 cm³/mol. The smallest absolute Gasteiger partial charge is 0.261 e. The molecule has 2 rings (SSSR count). The average molecular weight is 314 g/mol. The highest BCUT2D eigenvalue weighted by molar-refractivity contribution is 7.16. The van der Waals surface area contributed by atoms with E-state index in [1.807, 2.05) is 44.4 Å². The van der Waals surface area contributed by atoms with Crippen LogP contribution in [0.25, 0.3) is 0 Å². The Morgan fingerprint density at radius 3 is 2.45 bits per heavy atom. The fourth-order valence-corrected chi connectivity index (χ4v) is 2.60. The zero-order chi connectivity index (χ0) is 15.9. The van der Waals surface area contributed by atoms with Crippen molar-refractivity contribution in [1.29, 1.82) is 0 Å². The first-order valence-corrected chi connectivity index (χ1v) is 7.69. The summed E-state index contributed by atoms with van der Waals surface area (Å²) in [6, 6.07) is 13.1. The van der Waals surface area contributed by atoms with Crippen molar-refractivity contribution >= 4 is 23.0 Å². The lowest BCUT2D eigenvalue weighted by atomic mass is 10.2. The number of amides is 1. The molecule has 0 spiro atoms. The highest BCUT2D eigenvalue weighted by Gasteiger charge is 2.12. The lowest BCUT2D eigenvalue weighted by Crippen LogP contribution is -2.21. The Morgan fingerprint density at radius 1 is 1.09 bits per heavy atom. The number of rotatable bonds is 6. The SMILES string of the molecule is CN(C)/C=C/C(=O)c1ccc(C(=O)NCc2ccccc2)s1. The standard InChI is InChI=1S/C17H18N2O2S/c1-19(2)11-10-14(20)15-8-9-16(22-15)17(21)18-12-13-6-4-3-5-7-13/h3-11H,12H2,1-2H3,(H,18,21)/b11-10+. The molecule has 1 aromatic carbocycles. The van der Waals surface area contributed by atoms with Crippen LogP contribution < -0.4 is 5.32 Å². The van der Waals surface area contributed by atoms with Gasteiger partial charge in [0.25, 0.3) is 5.91 Å². The van der Waals surface area contributed by atoms with Gasteiger partial charge in [0.2, 0.25) is 0 Å². The minimum Gasteiger partial charge on any atom is -0.383 e. The van der Waals surface area contributed by atoms with Crippen molar-refractivity contribution in [1.82, 2.24) is 10.2 Å². The van der Waals surface area contributed by atoms with Crippen LogP contribution in [0.15, 0.2) is 54.7 Å². The first-order valence-electron chi connectivity index (χ1n) is 6.87. The Bertz CT molecular complexity index is 675. The Kier molecular flexibility index (Phi) is 5.49. The molecule has 114 valence electrons. The Labute approximate surface area is 134 Å². The van der Waals surface area contributed by atoms with Gasteiger partial charge < -0.3 is 10.2 Å². The molecule has 0 aliphatic heterocycles. The van der Waals surface area contributed by atoms with E-state index in [1.165, 1.54) is 17.4 Å². The number of carbonyl (C=O) groups excluding carboxylic acids is 2. The molecule has 0 saturated carbocycles. The maximum absolute atomic E-state index is 12.1. The lowest BCUT2D eigenvalue weighted by molar-refractivity contribution is 0.0954. The molecule has 2 aromatic rings. The first-order chi connectivity index (χ1) is 10.6. The van der Waals surface area contributed by atoms with E-state index in [2.05, 4.69) is 5.32 Å². The van der Waals surface area contributed by atoms with Gasteiger partial charge in [0.1, 0.15) is 0 Å². The molecular weight excluding hydrogens is 296 g/mol. The van der Waals surface area contributed by atoms with Crippen molar-refractivity contribution in [3.63, 3.8) is 0 Å². The van der Waals surface area contributed by atoms with Crippen LogP contribution in [0.2, 0.25) is 0 Å². The highest BCUT2D eigenvalue weighted by Crippen LogP contribution is 2.17. The summed E-state index contributed by atoms with van der Waals surface area (Å²) in [6.45, 7) is 0.474. The van der Waals surface area contributed by atoms with Crippen LogP contribution in [-0.2, 0) is 6.54 Å². The second-order valence-corrected chi connectivity index (χ2v) is 6.06. The van der Waals surface area contributed by atoms with Gasteiger partial charge in [-0.05, 0) is 17.7 Å².